The smallest absolute Gasteiger partial charge is 0.425 e. The Balaban J connectivity index is 2.30. The zero-order valence-corrected chi connectivity index (χ0v) is 9.31. The molecule has 1 aliphatic carbocycles. The first-order valence-corrected chi connectivity index (χ1v) is 5.67. The Morgan fingerprint density at radius 1 is 1.41 bits per heavy atom. The van der Waals surface area contributed by atoms with Crippen LogP contribution in [-0.2, 0) is 16.4 Å². The molecule has 0 radical (unpaired) electrons. The lowest BCUT2D eigenvalue weighted by Crippen LogP contribution is -2.33. The maximum absolute atomic E-state index is 12.4. The highest BCUT2D eigenvalue weighted by Gasteiger charge is 2.55. The molecule has 0 saturated heterocycles. The molecule has 1 aliphatic rings. The lowest BCUT2D eigenvalue weighted by Gasteiger charge is -2.16. The number of thiophene rings is 1. The predicted molar refractivity (Wildman–Crippen MR) is 53.9 cm³/mol. The molecule has 1 aromatic heterocycles. The average molecular weight is 266 g/mol. The zero-order valence-electron chi connectivity index (χ0n) is 8.49. The number of carboxylic acids is 1. The second-order valence-corrected chi connectivity index (χ2v) is 5.14. The molecule has 0 aromatic carbocycles. The molecule has 1 fully saturated rings. The number of carbonyl (C=O) groups is 1. The molecular weight excluding hydrogens is 257 g/mol. The van der Waals surface area contributed by atoms with Gasteiger partial charge in [0, 0.05) is 10.3 Å². The topological polar surface area (TPSA) is 57.5 Å². The van der Waals surface area contributed by atoms with E-state index in [1.807, 2.05) is 0 Å². The van der Waals surface area contributed by atoms with Crippen LogP contribution in [0.5, 0.6) is 0 Å². The molecule has 1 atom stereocenters. The molecule has 2 N–H and O–H groups in total. The lowest BCUT2D eigenvalue weighted by atomic mass is 9.97. The van der Waals surface area contributed by atoms with Crippen LogP contribution < -0.4 is 0 Å². The predicted octanol–water partition coefficient (Wildman–Crippen LogP) is 2.24. The number of hydrogen-bond donors (Lipinski definition) is 2. The van der Waals surface area contributed by atoms with Crippen molar-refractivity contribution in [3.05, 3.63) is 21.9 Å². The van der Waals surface area contributed by atoms with Crippen LogP contribution in [0.1, 0.15) is 22.6 Å². The van der Waals surface area contributed by atoms with E-state index in [-0.39, 0.29) is 0 Å². The first kappa shape index (κ1) is 12.4. The Morgan fingerprint density at radius 2 is 2.00 bits per heavy atom. The van der Waals surface area contributed by atoms with Crippen LogP contribution in [-0.4, -0.2) is 22.3 Å². The maximum Gasteiger partial charge on any atom is 0.425 e. The molecule has 7 heteroatoms. The van der Waals surface area contributed by atoms with Gasteiger partial charge < -0.3 is 10.2 Å². The molecule has 0 spiro atoms. The van der Waals surface area contributed by atoms with Gasteiger partial charge >= 0.3 is 12.1 Å². The van der Waals surface area contributed by atoms with Crippen LogP contribution in [0.3, 0.4) is 0 Å². The van der Waals surface area contributed by atoms with Crippen molar-refractivity contribution < 1.29 is 28.2 Å². The summed E-state index contributed by atoms with van der Waals surface area (Å²) in [5.74, 6) is -1.40. The Labute approximate surface area is 98.5 Å². The molecular formula is C10H9F3O3S. The minimum absolute atomic E-state index is 0.291. The van der Waals surface area contributed by atoms with Gasteiger partial charge in [-0.15, -0.1) is 11.3 Å². The molecule has 2 rings (SSSR count). The average Bonchev–Trinajstić information content (AvgIpc) is 2.85. The summed E-state index contributed by atoms with van der Waals surface area (Å²) in [5.41, 5.74) is -1.01. The summed E-state index contributed by atoms with van der Waals surface area (Å²) >= 11 is 0.507. The highest BCUT2D eigenvalue weighted by molar-refractivity contribution is 7.12. The van der Waals surface area contributed by atoms with Crippen molar-refractivity contribution in [1.29, 1.82) is 0 Å². The number of rotatable bonds is 3. The molecule has 94 valence electrons. The Kier molecular flexibility index (Phi) is 2.70. The van der Waals surface area contributed by atoms with Gasteiger partial charge in [0.15, 0.2) is 6.10 Å². The van der Waals surface area contributed by atoms with Gasteiger partial charge in [-0.2, -0.15) is 13.2 Å². The number of aliphatic hydroxyl groups excluding tert-OH is 1. The molecule has 1 heterocycles. The monoisotopic (exact) mass is 266 g/mol. The van der Waals surface area contributed by atoms with E-state index in [1.54, 1.807) is 0 Å². The first-order valence-electron chi connectivity index (χ1n) is 4.86. The number of carboxylic acid groups (broad SMARTS) is 1. The third-order valence-corrected chi connectivity index (χ3v) is 4.27. The SMILES string of the molecule is O=C(O)C(O)C1(c2ccc(C(F)(F)F)s2)CC1. The van der Waals surface area contributed by atoms with Crippen molar-refractivity contribution in [2.24, 2.45) is 0 Å². The van der Waals surface area contributed by atoms with Crippen molar-refractivity contribution in [2.45, 2.75) is 30.5 Å². The van der Waals surface area contributed by atoms with Crippen LogP contribution >= 0.6 is 11.3 Å². The summed E-state index contributed by atoms with van der Waals surface area (Å²) in [6.45, 7) is 0. The third kappa shape index (κ3) is 2.04. The van der Waals surface area contributed by atoms with Crippen molar-refractivity contribution in [2.75, 3.05) is 0 Å². The van der Waals surface area contributed by atoms with Crippen LogP contribution in [0, 0.1) is 0 Å². The van der Waals surface area contributed by atoms with Gasteiger partial charge in [0.05, 0.1) is 0 Å². The number of hydrogen-bond acceptors (Lipinski definition) is 3. The Hall–Kier alpha value is -1.08. The second kappa shape index (κ2) is 3.71. The molecule has 1 unspecified atom stereocenters. The summed E-state index contributed by atoms with van der Waals surface area (Å²) in [6, 6.07) is 2.18. The van der Waals surface area contributed by atoms with E-state index < -0.39 is 28.5 Å². The summed E-state index contributed by atoms with van der Waals surface area (Å²) in [7, 11) is 0. The van der Waals surface area contributed by atoms with Gasteiger partial charge in [0.1, 0.15) is 4.88 Å². The Morgan fingerprint density at radius 3 is 2.35 bits per heavy atom. The standard InChI is InChI=1S/C10H9F3O3S/c11-10(12,13)6-2-1-5(17-6)9(3-4-9)7(14)8(15)16/h1-2,7,14H,3-4H2,(H,15,16). The van der Waals surface area contributed by atoms with Gasteiger partial charge in [-0.1, -0.05) is 0 Å². The van der Waals surface area contributed by atoms with E-state index in [1.165, 1.54) is 6.07 Å². The van der Waals surface area contributed by atoms with Crippen molar-refractivity contribution in [1.82, 2.24) is 0 Å². The van der Waals surface area contributed by atoms with E-state index in [2.05, 4.69) is 0 Å². The number of aliphatic hydroxyl groups is 1. The van der Waals surface area contributed by atoms with Gasteiger partial charge in [0.25, 0.3) is 0 Å². The summed E-state index contributed by atoms with van der Waals surface area (Å²) in [5, 5.41) is 18.2. The van der Waals surface area contributed by atoms with Gasteiger partial charge in [-0.3, -0.25) is 0 Å². The van der Waals surface area contributed by atoms with Gasteiger partial charge in [-0.05, 0) is 25.0 Å². The Bertz CT molecular complexity index is 448. The fourth-order valence-corrected chi connectivity index (χ4v) is 2.93. The molecule has 0 aliphatic heterocycles. The van der Waals surface area contributed by atoms with Gasteiger partial charge in [-0.25, -0.2) is 4.79 Å². The van der Waals surface area contributed by atoms with Crippen LogP contribution in [0.4, 0.5) is 13.2 Å². The fraction of sp³-hybridized carbons (Fsp3) is 0.500. The zero-order chi connectivity index (χ0) is 12.8. The molecule has 3 nitrogen and oxygen atoms in total. The molecule has 0 bridgehead atoms. The first-order chi connectivity index (χ1) is 7.77. The number of aliphatic carboxylic acids is 1. The van der Waals surface area contributed by atoms with E-state index in [0.29, 0.717) is 29.1 Å². The van der Waals surface area contributed by atoms with Gasteiger partial charge in [0.2, 0.25) is 0 Å². The van der Waals surface area contributed by atoms with E-state index in [4.69, 9.17) is 5.11 Å². The van der Waals surface area contributed by atoms with E-state index in [9.17, 15) is 23.1 Å². The number of alkyl halides is 3. The second-order valence-electron chi connectivity index (χ2n) is 4.06. The molecule has 17 heavy (non-hydrogen) atoms. The van der Waals surface area contributed by atoms with E-state index >= 15 is 0 Å². The normalized spacial score (nSPS) is 20.0. The summed E-state index contributed by atoms with van der Waals surface area (Å²) < 4.78 is 37.2. The number of halogens is 3. The van der Waals surface area contributed by atoms with E-state index in [0.717, 1.165) is 6.07 Å². The van der Waals surface area contributed by atoms with Crippen LogP contribution in [0.15, 0.2) is 12.1 Å². The van der Waals surface area contributed by atoms with Crippen molar-refractivity contribution >= 4 is 17.3 Å². The lowest BCUT2D eigenvalue weighted by molar-refractivity contribution is -0.148. The molecule has 1 aromatic rings. The fourth-order valence-electron chi connectivity index (χ4n) is 1.78. The minimum atomic E-state index is -4.42. The largest absolute Gasteiger partial charge is 0.479 e. The maximum atomic E-state index is 12.4. The highest BCUT2D eigenvalue weighted by atomic mass is 32.1. The van der Waals surface area contributed by atoms with Crippen LogP contribution in [0.25, 0.3) is 0 Å². The highest BCUT2D eigenvalue weighted by Crippen LogP contribution is 2.54. The quantitative estimate of drug-likeness (QED) is 0.882. The molecule has 1 saturated carbocycles. The summed E-state index contributed by atoms with van der Waals surface area (Å²) in [6.07, 6.45) is -5.26. The molecule has 0 amide bonds. The van der Waals surface area contributed by atoms with Crippen molar-refractivity contribution in [3.63, 3.8) is 0 Å². The summed E-state index contributed by atoms with van der Waals surface area (Å²) in [4.78, 5) is 10.2. The minimum Gasteiger partial charge on any atom is -0.479 e. The third-order valence-electron chi connectivity index (χ3n) is 2.92. The van der Waals surface area contributed by atoms with Crippen molar-refractivity contribution in [3.8, 4) is 0 Å². The van der Waals surface area contributed by atoms with Crippen LogP contribution in [0.2, 0.25) is 0 Å².